The Bertz CT molecular complexity index is 4880. The first-order valence-corrected chi connectivity index (χ1v) is 51.3. The minimum atomic E-state index is -1.98. The Morgan fingerprint density at radius 2 is 1.03 bits per heavy atom. The number of fused-ring (bicyclic) bond motifs is 4. The molecule has 4 fully saturated rings. The lowest BCUT2D eigenvalue weighted by atomic mass is 10.00. The van der Waals surface area contributed by atoms with Gasteiger partial charge in [0.05, 0.1) is 25.3 Å². The van der Waals surface area contributed by atoms with Gasteiger partial charge in [0.1, 0.15) is 96.7 Å². The molecule has 0 bridgehead atoms. The van der Waals surface area contributed by atoms with Crippen LogP contribution < -0.4 is 114 Å². The summed E-state index contributed by atoms with van der Waals surface area (Å²) in [5.74, 6) is -20.4. The molecule has 0 spiro atoms. The van der Waals surface area contributed by atoms with Crippen molar-refractivity contribution in [2.75, 3.05) is 70.5 Å². The van der Waals surface area contributed by atoms with E-state index in [-0.39, 0.29) is 154 Å². The van der Waals surface area contributed by atoms with Crippen molar-refractivity contribution in [3.63, 3.8) is 0 Å². The molecule has 792 valence electrons. The van der Waals surface area contributed by atoms with Gasteiger partial charge in [0.2, 0.25) is 100 Å². The van der Waals surface area contributed by atoms with E-state index in [4.69, 9.17) is 39.5 Å². The predicted octanol–water partition coefficient (Wildman–Crippen LogP) is -5.31. The van der Waals surface area contributed by atoms with E-state index < -0.39 is 264 Å². The van der Waals surface area contributed by atoms with E-state index >= 15 is 28.8 Å². The van der Waals surface area contributed by atoms with Crippen LogP contribution in [-0.2, 0) is 99.1 Å². The van der Waals surface area contributed by atoms with Crippen molar-refractivity contribution in [1.29, 1.82) is 10.8 Å². The highest BCUT2D eigenvalue weighted by Gasteiger charge is 2.47. The lowest BCUT2D eigenvalue weighted by Gasteiger charge is -2.34. The number of carbonyl (C=O) groups is 18. The van der Waals surface area contributed by atoms with Gasteiger partial charge in [0.15, 0.2) is 11.9 Å². The van der Waals surface area contributed by atoms with Gasteiger partial charge < -0.3 is 149 Å². The first-order valence-electron chi connectivity index (χ1n) is 48.8. The average molecular weight is 2040 g/mol. The second-order valence-electron chi connectivity index (χ2n) is 37.4. The third-order valence-corrected chi connectivity index (χ3v) is 27.4. The molecular weight excluding hydrogens is 1900 g/mol. The Labute approximate surface area is 838 Å². The molecular formula is C93H147N27O21S2. The summed E-state index contributed by atoms with van der Waals surface area (Å²) in [7, 11) is 1.59. The molecule has 3 aromatic rings. The number of hydrogen-bond acceptors (Lipinski definition) is 27. The molecule has 0 radical (unpaired) electrons. The summed E-state index contributed by atoms with van der Waals surface area (Å²) in [5, 5.41) is 90.1. The van der Waals surface area contributed by atoms with E-state index in [1.807, 2.05) is 13.8 Å². The molecule has 50 heteroatoms. The molecule has 0 aliphatic carbocycles. The van der Waals surface area contributed by atoms with Crippen LogP contribution in [0, 0.1) is 28.6 Å². The molecule has 32 N–H and O–H groups in total. The number of benzene rings is 2. The van der Waals surface area contributed by atoms with Gasteiger partial charge in [0, 0.05) is 74.2 Å². The van der Waals surface area contributed by atoms with Crippen molar-refractivity contribution in [2.24, 2.45) is 46.4 Å². The van der Waals surface area contributed by atoms with Crippen molar-refractivity contribution in [1.82, 2.24) is 105 Å². The standard InChI is InChI=1S/C93H147N27O21S2/c1-49(2)41-57(96)75(124)115-72(50(3)4)85(134)107-59(29-18-36-101-92(97)98)76(125)104-45-71(123)106-66-47-142-143-48-67(82(131)111-63(42-54-23-10-9-11-24-54)78(127)116-73(51(5)6)86(135)110-62(91(140)141)30-19-37-102-93(99)100)114-84(133)68-31-20-38-118(68)89(138)61(28-15-17-35-95)109-83(132)69-32-21-39-119(69)90(139)70-33-22-40-120(70)88(137)52(7)105-80(129)65(46-121)113-77(126)60(27-14-16-34-94)108-87(136)74(53(8)122)117-79(128)64(112-81(66)130)43-55-44-103-58-26-13-12-25-56(55)58/h9-13,23-26,44,49-53,57,59-70,72-74,103,121-122H,14-22,27-43,45-48,94-96H2,1-8H3,(H,104,125)(H,105,129)(H,106,123)(H,107,134)(H,108,136)(H,109,132)(H,110,135)(H,111,131)(H,112,130)(H,113,126)(H,114,133)(H,115,124)(H,116,127)(H,117,128)(H,140,141)(H4,97,98,101)(H4,99,100,102)/t52-,53+,57-,59-,60-,61-,62-,63-,64-,65-,66-,67-,68-,69-,70-,72-,73-,74-/m0/s1. The van der Waals surface area contributed by atoms with Crippen LogP contribution in [0.5, 0.6) is 0 Å². The summed E-state index contributed by atoms with van der Waals surface area (Å²) in [6, 6.07) is -10.5. The lowest BCUT2D eigenvalue weighted by molar-refractivity contribution is -0.148. The Kier molecular flexibility index (Phi) is 48.4. The number of aliphatic carboxylic acids is 1. The van der Waals surface area contributed by atoms with Crippen LogP contribution >= 0.6 is 21.6 Å². The maximum absolute atomic E-state index is 15.7. The highest BCUT2D eigenvalue weighted by atomic mass is 33.1. The Hall–Kier alpha value is -12.5. The summed E-state index contributed by atoms with van der Waals surface area (Å²) in [5.41, 5.74) is 30.5. The van der Waals surface area contributed by atoms with Crippen LogP contribution in [0.1, 0.15) is 176 Å². The van der Waals surface area contributed by atoms with E-state index in [0.717, 1.165) is 28.5 Å². The number of H-pyrrole nitrogens is 1. The first kappa shape index (κ1) is 117. The molecule has 7 rings (SSSR count). The molecule has 18 atom stereocenters. The van der Waals surface area contributed by atoms with Crippen LogP contribution in [0.4, 0.5) is 0 Å². The number of carbonyl (C=O) groups excluding carboxylic acids is 17. The Balaban J connectivity index is 1.35. The summed E-state index contributed by atoms with van der Waals surface area (Å²) < 4.78 is 0. The fourth-order valence-corrected chi connectivity index (χ4v) is 19.4. The number of rotatable bonds is 41. The zero-order valence-electron chi connectivity index (χ0n) is 82.3. The number of para-hydroxylation sites is 1. The molecule has 17 amide bonds. The van der Waals surface area contributed by atoms with E-state index in [0.29, 0.717) is 41.3 Å². The van der Waals surface area contributed by atoms with Crippen LogP contribution in [0.25, 0.3) is 10.9 Å². The fourth-order valence-electron chi connectivity index (χ4n) is 17.1. The minimum Gasteiger partial charge on any atom is -0.480 e. The number of aliphatic hydroxyl groups excluding tert-OH is 2. The number of amides is 17. The molecule has 0 unspecified atom stereocenters. The zero-order chi connectivity index (χ0) is 105. The summed E-state index contributed by atoms with van der Waals surface area (Å²) in [6.45, 7) is 11.0. The monoisotopic (exact) mass is 2040 g/mol. The van der Waals surface area contributed by atoms with Gasteiger partial charge in [-0.15, -0.1) is 0 Å². The van der Waals surface area contributed by atoms with E-state index in [1.165, 1.54) is 27.8 Å². The molecule has 5 heterocycles. The SMILES string of the molecule is CC(C)C[C@H](N)C(=O)N[C@H](C(=O)N[C@@H](CCCNC(=N)N)C(=O)NCC(=O)N[C@H]1CSSC[C@@H](C(=O)N[C@@H](Cc2ccccc2)C(=O)N[C@H](C(=O)N[C@@H](CCCNC(=N)N)C(=O)O)C(C)C)NC(=O)[C@@H]2CCCN2C(=O)[C@H](CCCCN)NC(=O)[C@@H]2CCCN2C(=O)[C@@H]2CCCN2C(=O)[C@H](C)NC(=O)[C@H](CO)NC(=O)[C@H](CCCCN)NC(=O)[C@H]([C@@H](C)O)NC(=O)[C@H](Cc2c[nH]c3ccccc23)NC1=O)C(C)C. The minimum absolute atomic E-state index is 0.000529. The number of unbranched alkanes of at least 4 members (excludes halogenated alkanes) is 2. The van der Waals surface area contributed by atoms with E-state index in [2.05, 4.69) is 90.1 Å². The number of carboxylic acids is 1. The zero-order valence-corrected chi connectivity index (χ0v) is 84.0. The number of hydrogen-bond donors (Lipinski definition) is 27. The smallest absolute Gasteiger partial charge is 0.326 e. The molecule has 1 aromatic heterocycles. The summed E-state index contributed by atoms with van der Waals surface area (Å²) in [6.07, 6.45) is 1.15. The average Bonchev–Trinajstić information content (AvgIpc) is 1.66. The van der Waals surface area contributed by atoms with Gasteiger partial charge in [-0.05, 0) is 171 Å². The topological polar surface area (TPSA) is 764 Å². The third-order valence-electron chi connectivity index (χ3n) is 24.9. The number of guanidine groups is 2. The van der Waals surface area contributed by atoms with E-state index in [9.17, 15) is 72.9 Å². The largest absolute Gasteiger partial charge is 0.480 e. The highest BCUT2D eigenvalue weighted by molar-refractivity contribution is 8.76. The number of carboxylic acid groups (broad SMARTS) is 1. The van der Waals surface area contributed by atoms with Gasteiger partial charge in [-0.25, -0.2) is 4.79 Å². The second kappa shape index (κ2) is 58.9. The number of aromatic amines is 1. The first-order chi connectivity index (χ1) is 68.0. The quantitative estimate of drug-likeness (QED) is 0.0109. The number of aromatic nitrogens is 1. The Morgan fingerprint density at radius 1 is 0.517 bits per heavy atom. The number of aliphatic hydroxyl groups is 2. The van der Waals surface area contributed by atoms with Crippen LogP contribution in [0.15, 0.2) is 60.8 Å². The molecule has 4 saturated heterocycles. The summed E-state index contributed by atoms with van der Waals surface area (Å²) in [4.78, 5) is 272. The fraction of sp³-hybridized carbons (Fsp3) is 0.634. The number of nitrogens with zero attached hydrogens (tertiary/aromatic N) is 3. The number of nitrogens with two attached hydrogens (primary N) is 5. The maximum Gasteiger partial charge on any atom is 0.326 e. The van der Waals surface area contributed by atoms with Gasteiger partial charge >= 0.3 is 5.97 Å². The molecule has 143 heavy (non-hydrogen) atoms. The molecule has 48 nitrogen and oxygen atoms in total. The maximum atomic E-state index is 15.7. The molecule has 4 aliphatic rings. The Morgan fingerprint density at radius 3 is 1.60 bits per heavy atom. The third kappa shape index (κ3) is 36.7. The van der Waals surface area contributed by atoms with Crippen molar-refractivity contribution >= 4 is 151 Å². The molecule has 4 aliphatic heterocycles. The normalized spacial score (nSPS) is 22.8. The van der Waals surface area contributed by atoms with Gasteiger partial charge in [0.25, 0.3) is 0 Å². The van der Waals surface area contributed by atoms with Gasteiger partial charge in [-0.1, -0.05) is 112 Å². The lowest BCUT2D eigenvalue weighted by Crippen LogP contribution is -2.62. The molecule has 0 saturated carbocycles. The van der Waals surface area contributed by atoms with Crippen LogP contribution in [0.2, 0.25) is 0 Å². The van der Waals surface area contributed by atoms with Crippen LogP contribution in [0.3, 0.4) is 0 Å². The van der Waals surface area contributed by atoms with Crippen molar-refractivity contribution in [3.8, 4) is 0 Å². The van der Waals surface area contributed by atoms with E-state index in [1.54, 1.807) is 82.3 Å². The van der Waals surface area contributed by atoms with Crippen molar-refractivity contribution in [2.45, 2.75) is 286 Å². The molecule has 2 aromatic carbocycles. The van der Waals surface area contributed by atoms with Gasteiger partial charge in [-0.2, -0.15) is 0 Å². The van der Waals surface area contributed by atoms with Crippen LogP contribution in [-0.4, -0.2) is 333 Å². The number of nitrogens with one attached hydrogen (secondary N) is 19. The predicted molar refractivity (Wildman–Crippen MR) is 533 cm³/mol. The van der Waals surface area contributed by atoms with Crippen molar-refractivity contribution in [3.05, 3.63) is 71.9 Å². The highest BCUT2D eigenvalue weighted by Crippen LogP contribution is 2.30. The van der Waals surface area contributed by atoms with Crippen molar-refractivity contribution < 1.29 is 102 Å². The summed E-state index contributed by atoms with van der Waals surface area (Å²) >= 11 is 0. The second-order valence-corrected chi connectivity index (χ2v) is 40.0. The van der Waals surface area contributed by atoms with Gasteiger partial charge in [-0.3, -0.25) is 92.3 Å².